The summed E-state index contributed by atoms with van der Waals surface area (Å²) in [6.45, 7) is 5.94. The lowest BCUT2D eigenvalue weighted by Gasteiger charge is -2.13. The van der Waals surface area contributed by atoms with Crippen molar-refractivity contribution in [1.82, 2.24) is 4.98 Å². The van der Waals surface area contributed by atoms with Crippen LogP contribution in [0.2, 0.25) is 0 Å². The van der Waals surface area contributed by atoms with E-state index < -0.39 is 0 Å². The number of hydrogen-bond acceptors (Lipinski definition) is 5. The number of hydrogen-bond donors (Lipinski definition) is 1. The molecule has 1 N–H and O–H groups in total. The maximum Gasteiger partial charge on any atom is 0.264 e. The third kappa shape index (κ3) is 4.46. The third-order valence-corrected chi connectivity index (χ3v) is 5.12. The van der Waals surface area contributed by atoms with Gasteiger partial charge in [-0.15, -0.1) is 11.3 Å². The molecule has 0 aliphatic heterocycles. The molecule has 0 saturated heterocycles. The van der Waals surface area contributed by atoms with Crippen LogP contribution in [0.1, 0.15) is 16.7 Å². The minimum atomic E-state index is -0.231. The van der Waals surface area contributed by atoms with Crippen molar-refractivity contribution in [3.05, 3.63) is 58.5 Å². The number of carbonyl (C=O) groups is 1. The van der Waals surface area contributed by atoms with E-state index in [1.165, 1.54) is 11.3 Å². The second-order valence-corrected chi connectivity index (χ2v) is 7.11. The lowest BCUT2D eigenvalue weighted by atomic mass is 10.1. The number of carbonyl (C=O) groups excluding carboxylic acids is 1. The molecule has 0 bridgehead atoms. The number of methoxy groups -OCH3 is 1. The molecule has 6 heteroatoms. The van der Waals surface area contributed by atoms with E-state index in [4.69, 9.17) is 9.47 Å². The van der Waals surface area contributed by atoms with Crippen LogP contribution in [0.4, 0.5) is 5.13 Å². The zero-order valence-corrected chi connectivity index (χ0v) is 16.6. The molecule has 0 aliphatic rings. The lowest BCUT2D eigenvalue weighted by molar-refractivity contribution is -0.118. The number of thiazole rings is 1. The number of amides is 1. The highest BCUT2D eigenvalue weighted by molar-refractivity contribution is 7.14. The number of aryl methyl sites for hydroxylation is 2. The van der Waals surface area contributed by atoms with Crippen molar-refractivity contribution in [3.8, 4) is 22.8 Å². The van der Waals surface area contributed by atoms with E-state index in [0.717, 1.165) is 39.4 Å². The van der Waals surface area contributed by atoms with Gasteiger partial charge in [0, 0.05) is 10.9 Å². The predicted octanol–water partition coefficient (Wildman–Crippen LogP) is 4.76. The molecule has 1 amide bonds. The molecule has 3 aromatic rings. The summed E-state index contributed by atoms with van der Waals surface area (Å²) in [5.41, 5.74) is 4.99. The van der Waals surface area contributed by atoms with Gasteiger partial charge >= 0.3 is 0 Å². The van der Waals surface area contributed by atoms with Gasteiger partial charge in [-0.05, 0) is 61.7 Å². The van der Waals surface area contributed by atoms with Gasteiger partial charge in [0.25, 0.3) is 5.91 Å². The molecule has 1 heterocycles. The van der Waals surface area contributed by atoms with Crippen LogP contribution in [0.15, 0.2) is 41.8 Å². The van der Waals surface area contributed by atoms with Crippen molar-refractivity contribution in [2.75, 3.05) is 19.0 Å². The number of rotatable bonds is 6. The molecule has 0 saturated carbocycles. The summed E-state index contributed by atoms with van der Waals surface area (Å²) in [5, 5.41) is 5.26. The molecule has 0 fully saturated rings. The molecule has 0 spiro atoms. The van der Waals surface area contributed by atoms with Crippen molar-refractivity contribution < 1.29 is 14.3 Å². The summed E-state index contributed by atoms with van der Waals surface area (Å²) in [5.74, 6) is 1.33. The van der Waals surface area contributed by atoms with E-state index in [1.807, 2.05) is 62.5 Å². The topological polar surface area (TPSA) is 60.5 Å². The van der Waals surface area contributed by atoms with Gasteiger partial charge in [0.15, 0.2) is 11.7 Å². The Morgan fingerprint density at radius 2 is 1.78 bits per heavy atom. The Labute approximate surface area is 163 Å². The molecule has 0 radical (unpaired) electrons. The van der Waals surface area contributed by atoms with Gasteiger partial charge in [0.2, 0.25) is 0 Å². The molecular weight excluding hydrogens is 360 g/mol. The third-order valence-electron chi connectivity index (χ3n) is 4.36. The highest BCUT2D eigenvalue weighted by atomic mass is 32.1. The second-order valence-electron chi connectivity index (χ2n) is 6.26. The minimum absolute atomic E-state index is 0.0530. The van der Waals surface area contributed by atoms with E-state index in [0.29, 0.717) is 5.13 Å². The van der Waals surface area contributed by atoms with Gasteiger partial charge in [-0.3, -0.25) is 10.1 Å². The van der Waals surface area contributed by atoms with Crippen LogP contribution in [-0.4, -0.2) is 24.6 Å². The first-order valence-corrected chi connectivity index (χ1v) is 9.45. The van der Waals surface area contributed by atoms with Gasteiger partial charge in [-0.25, -0.2) is 4.98 Å². The molecule has 5 nitrogen and oxygen atoms in total. The minimum Gasteiger partial charge on any atom is -0.497 e. The smallest absolute Gasteiger partial charge is 0.264 e. The Balaban J connectivity index is 1.62. The van der Waals surface area contributed by atoms with Crippen LogP contribution in [0.3, 0.4) is 0 Å². The fourth-order valence-corrected chi connectivity index (χ4v) is 3.40. The van der Waals surface area contributed by atoms with Crippen LogP contribution >= 0.6 is 11.3 Å². The number of nitrogens with zero attached hydrogens (tertiary/aromatic N) is 1. The van der Waals surface area contributed by atoms with Crippen LogP contribution in [0.5, 0.6) is 11.5 Å². The predicted molar refractivity (Wildman–Crippen MR) is 109 cm³/mol. The van der Waals surface area contributed by atoms with Crippen molar-refractivity contribution >= 4 is 22.4 Å². The van der Waals surface area contributed by atoms with Crippen molar-refractivity contribution in [1.29, 1.82) is 0 Å². The van der Waals surface area contributed by atoms with E-state index in [2.05, 4.69) is 10.3 Å². The average Bonchev–Trinajstić information content (AvgIpc) is 3.13. The molecule has 0 atom stereocenters. The van der Waals surface area contributed by atoms with Gasteiger partial charge in [0.1, 0.15) is 11.5 Å². The van der Waals surface area contributed by atoms with Crippen molar-refractivity contribution in [3.63, 3.8) is 0 Å². The molecule has 27 heavy (non-hydrogen) atoms. The SMILES string of the molecule is COc1ccc(-c2csc(NC(=O)COc3c(C)ccc(C)c3C)n2)cc1. The molecular formula is C21H22N2O3S. The lowest BCUT2D eigenvalue weighted by Crippen LogP contribution is -2.20. The van der Waals surface area contributed by atoms with Gasteiger partial charge < -0.3 is 9.47 Å². The zero-order valence-electron chi connectivity index (χ0n) is 15.8. The largest absolute Gasteiger partial charge is 0.497 e. The summed E-state index contributed by atoms with van der Waals surface area (Å²) < 4.78 is 10.9. The second kappa shape index (κ2) is 8.22. The Bertz CT molecular complexity index is 949. The quantitative estimate of drug-likeness (QED) is 0.668. The highest BCUT2D eigenvalue weighted by Gasteiger charge is 2.11. The average molecular weight is 382 g/mol. The van der Waals surface area contributed by atoms with Gasteiger partial charge in [0.05, 0.1) is 12.8 Å². The van der Waals surface area contributed by atoms with Crippen LogP contribution in [0, 0.1) is 20.8 Å². The Morgan fingerprint density at radius 1 is 1.07 bits per heavy atom. The van der Waals surface area contributed by atoms with E-state index >= 15 is 0 Å². The molecule has 0 unspecified atom stereocenters. The first-order chi connectivity index (χ1) is 13.0. The maximum absolute atomic E-state index is 12.2. The molecule has 2 aromatic carbocycles. The number of aromatic nitrogens is 1. The van der Waals surface area contributed by atoms with Crippen molar-refractivity contribution in [2.45, 2.75) is 20.8 Å². The fourth-order valence-electron chi connectivity index (χ4n) is 2.67. The molecule has 3 rings (SSSR count). The summed E-state index contributed by atoms with van der Waals surface area (Å²) in [6, 6.07) is 11.7. The summed E-state index contributed by atoms with van der Waals surface area (Å²) in [6.07, 6.45) is 0. The summed E-state index contributed by atoms with van der Waals surface area (Å²) >= 11 is 1.38. The van der Waals surface area contributed by atoms with E-state index in [-0.39, 0.29) is 12.5 Å². The zero-order chi connectivity index (χ0) is 19.4. The van der Waals surface area contributed by atoms with E-state index in [1.54, 1.807) is 7.11 Å². The molecule has 0 aliphatic carbocycles. The fraction of sp³-hybridized carbons (Fsp3) is 0.238. The Kier molecular flexibility index (Phi) is 5.76. The standard InChI is InChI=1S/C21H22N2O3S/c1-13-5-6-14(2)20(15(13)3)26-11-19(24)23-21-22-18(12-27-21)16-7-9-17(25-4)10-8-16/h5-10,12H,11H2,1-4H3,(H,22,23,24). The maximum atomic E-state index is 12.2. The van der Waals surface area contributed by atoms with Gasteiger partial charge in [-0.1, -0.05) is 12.1 Å². The number of benzene rings is 2. The highest BCUT2D eigenvalue weighted by Crippen LogP contribution is 2.27. The summed E-state index contributed by atoms with van der Waals surface area (Å²) in [7, 11) is 1.63. The Morgan fingerprint density at radius 3 is 2.48 bits per heavy atom. The van der Waals surface area contributed by atoms with Gasteiger partial charge in [-0.2, -0.15) is 0 Å². The molecule has 1 aromatic heterocycles. The van der Waals surface area contributed by atoms with Crippen LogP contribution in [-0.2, 0) is 4.79 Å². The van der Waals surface area contributed by atoms with Crippen LogP contribution in [0.25, 0.3) is 11.3 Å². The summed E-state index contributed by atoms with van der Waals surface area (Å²) in [4.78, 5) is 16.7. The van der Waals surface area contributed by atoms with Crippen LogP contribution < -0.4 is 14.8 Å². The first kappa shape index (κ1) is 18.9. The molecule has 140 valence electrons. The van der Waals surface area contributed by atoms with E-state index in [9.17, 15) is 4.79 Å². The number of nitrogens with one attached hydrogen (secondary N) is 1. The number of anilines is 1. The normalized spacial score (nSPS) is 10.5. The Hall–Kier alpha value is -2.86. The van der Waals surface area contributed by atoms with Crippen molar-refractivity contribution in [2.24, 2.45) is 0 Å². The first-order valence-electron chi connectivity index (χ1n) is 8.57. The monoisotopic (exact) mass is 382 g/mol. The number of ether oxygens (including phenoxy) is 2.